The van der Waals surface area contributed by atoms with Crippen LogP contribution in [0.5, 0.6) is 0 Å². The van der Waals surface area contributed by atoms with Crippen LogP contribution in [0.15, 0.2) is 0 Å². The molecule has 0 N–H and O–H groups in total. The van der Waals surface area contributed by atoms with Gasteiger partial charge < -0.3 is 158 Å². The van der Waals surface area contributed by atoms with Gasteiger partial charge in [-0.15, -0.1) is 0 Å². The molecule has 0 aliphatic heterocycles. The van der Waals surface area contributed by atoms with Gasteiger partial charge in [0, 0.05) is 0 Å². The van der Waals surface area contributed by atoms with Gasteiger partial charge in [0.2, 0.25) is 0 Å². The Kier molecular flexibility index (Phi) is 2250. The van der Waals surface area contributed by atoms with E-state index in [4.69, 9.17) is 0 Å². The van der Waals surface area contributed by atoms with Crippen molar-refractivity contribution in [2.45, 2.75) is 0 Å². The van der Waals surface area contributed by atoms with Gasteiger partial charge >= 0.3 is 815 Å². The summed E-state index contributed by atoms with van der Waals surface area (Å²) in [6, 6.07) is 0. The molecule has 0 heterocycles. The van der Waals surface area contributed by atoms with Crippen molar-refractivity contribution in [3.8, 4) is 0 Å². The van der Waals surface area contributed by atoms with E-state index in [0.29, 0.717) is 0 Å². The third-order valence-corrected chi connectivity index (χ3v) is 0. The molecule has 0 amide bonds. The summed E-state index contributed by atoms with van der Waals surface area (Å²) >= 11 is 0. The Morgan fingerprint density at radius 3 is 0.0833 bits per heavy atom. The van der Waals surface area contributed by atoms with Crippen LogP contribution < -0.4 is 0 Å². The Labute approximate surface area is 936 Å². The van der Waals surface area contributed by atoms with Crippen molar-refractivity contribution < 1.29 is 86.9 Å². The molecular weight excluding hydrogens is 2090 g/mol. The molecule has 0 aliphatic carbocycles. The van der Waals surface area contributed by atoms with Crippen molar-refractivity contribution in [3.63, 3.8) is 0 Å². The fraction of sp³-hybridized carbons (Fsp3) is 0. The van der Waals surface area contributed by atoms with E-state index in [1.165, 1.54) is 0 Å². The van der Waals surface area contributed by atoms with Gasteiger partial charge in [-0.1, -0.05) is 0 Å². The fourth-order valence-electron chi connectivity index (χ4n) is 0. The minimum atomic E-state index is 0. The maximum atomic E-state index is 0. The molecule has 0 bridgehead atoms. The third-order valence-electron chi connectivity index (χ3n) is 0. The standard InChI is InChI=1S/16P.16Sr.4Ti/q16*-3;16*+2;4*+4. The Balaban J connectivity index is 0. The van der Waals surface area contributed by atoms with Gasteiger partial charge in [-0.3, -0.25) is 0 Å². The summed E-state index contributed by atoms with van der Waals surface area (Å²) in [5.41, 5.74) is 0. The third kappa shape index (κ3) is 266. The minimum absolute atomic E-state index is 0. The number of hydrogen-bond donors (Lipinski definition) is 0. The molecule has 36 heteroatoms. The van der Waals surface area contributed by atoms with Crippen molar-refractivity contribution in [3.05, 3.63) is 0 Å². The molecule has 0 radical (unpaired) electrons. The molecule has 0 atom stereocenters. The zero-order valence-electron chi connectivity index (χ0n) is 20.5. The molecule has 0 aromatic rings. The SMILES string of the molecule is [P-3].[P-3].[P-3].[P-3].[P-3].[P-3].[P-3].[P-3].[P-3].[P-3].[P-3].[P-3].[P-3].[P-3].[P-3].[P-3].[Sr+2].[Sr+2].[Sr+2].[Sr+2].[Sr+2].[Sr+2].[Sr+2].[Sr+2].[Sr+2].[Sr+2].[Sr+2].[Sr+2].[Sr+2].[Sr+2].[Sr+2].[Sr+2].[Ti+4].[Ti+4].[Ti+4].[Ti+4]. The van der Waals surface area contributed by atoms with E-state index in [1.807, 2.05) is 0 Å². The van der Waals surface area contributed by atoms with Crippen molar-refractivity contribution in [2.24, 2.45) is 0 Å². The zero-order valence-corrected chi connectivity index (χ0v) is 96.6. The van der Waals surface area contributed by atoms with Crippen LogP contribution in [0.4, 0.5) is 0 Å². The predicted molar refractivity (Wildman–Crippen MR) is 203 cm³/mol. The van der Waals surface area contributed by atoms with Gasteiger partial charge in [-0.05, 0) is 0 Å². The van der Waals surface area contributed by atoms with Crippen LogP contribution in [0.2, 0.25) is 0 Å². The number of hydrogen-bond acceptors (Lipinski definition) is 0. The molecule has 0 unspecified atom stereocenters. The van der Waals surface area contributed by atoms with Crippen molar-refractivity contribution in [1.82, 2.24) is 0 Å². The minimum Gasteiger partial charge on any atom is -3.00 e. The molecule has 0 fully saturated rings. The predicted octanol–water partition coefficient (Wildman–Crippen LogP) is 7.68. The summed E-state index contributed by atoms with van der Waals surface area (Å²) in [6.07, 6.45) is 0. The molecule has 0 aliphatic rings. The van der Waals surface area contributed by atoms with Crippen molar-refractivity contribution in [1.29, 1.82) is 0 Å². The summed E-state index contributed by atoms with van der Waals surface area (Å²) in [4.78, 5) is 0. The van der Waals surface area contributed by atoms with Gasteiger partial charge in [0.05, 0.1) is 0 Å². The molecule has 0 aromatic carbocycles. The van der Waals surface area contributed by atoms with Crippen LogP contribution >= 0.6 is 158 Å². The van der Waals surface area contributed by atoms with Crippen molar-refractivity contribution >= 4 is 886 Å². The van der Waals surface area contributed by atoms with Gasteiger partial charge in [0.1, 0.15) is 0 Å². The molecule has 0 nitrogen and oxygen atoms in total. The van der Waals surface area contributed by atoms with Crippen LogP contribution in [-0.4, -0.2) is 728 Å². The number of rotatable bonds is 0. The van der Waals surface area contributed by atoms with E-state index in [1.54, 1.807) is 0 Å². The molecular formula is P16Sr16Ti4. The van der Waals surface area contributed by atoms with E-state index < -0.39 is 0 Å². The smallest absolute Gasteiger partial charge is 3.00 e. The molecule has 0 rings (SSSR count). The summed E-state index contributed by atoms with van der Waals surface area (Å²) in [5, 5.41) is 0. The first-order valence-electron chi connectivity index (χ1n) is 0. The maximum Gasteiger partial charge on any atom is 4.00 e. The second-order valence-electron chi connectivity index (χ2n) is 0. The van der Waals surface area contributed by atoms with Gasteiger partial charge in [0.25, 0.3) is 0 Å². The normalized spacial score (nSPS) is 0. The second kappa shape index (κ2) is 278. The molecule has 36 heavy (non-hydrogen) atoms. The molecule has 0 saturated heterocycles. The van der Waals surface area contributed by atoms with Gasteiger partial charge in [-0.25, -0.2) is 0 Å². The Bertz CT molecular complexity index is 50.1. The zero-order chi connectivity index (χ0) is 0. The largest absolute Gasteiger partial charge is 4.00 e. The molecule has 0 saturated carbocycles. The van der Waals surface area contributed by atoms with E-state index in [9.17, 15) is 0 Å². The summed E-state index contributed by atoms with van der Waals surface area (Å²) in [7, 11) is 0. The topological polar surface area (TPSA) is 0 Å². The van der Waals surface area contributed by atoms with Gasteiger partial charge in [0.15, 0.2) is 0 Å². The van der Waals surface area contributed by atoms with E-state index >= 15 is 0 Å². The Morgan fingerprint density at radius 2 is 0.0833 bits per heavy atom. The van der Waals surface area contributed by atoms with E-state index in [2.05, 4.69) is 0 Å². The van der Waals surface area contributed by atoms with E-state index in [-0.39, 0.29) is 973 Å². The summed E-state index contributed by atoms with van der Waals surface area (Å²) < 4.78 is 0. The summed E-state index contributed by atoms with van der Waals surface area (Å²) in [6.45, 7) is 0. The van der Waals surface area contributed by atoms with Crippen LogP contribution in [0.25, 0.3) is 0 Å². The maximum absolute atomic E-state index is 0. The van der Waals surface area contributed by atoms with Crippen molar-refractivity contribution in [2.75, 3.05) is 0 Å². The first kappa shape index (κ1) is 291. The monoisotopic (exact) mass is 2090 g/mol. The fourth-order valence-corrected chi connectivity index (χ4v) is 0. The molecule has 0 spiro atoms. The first-order valence-corrected chi connectivity index (χ1v) is 0. The molecule has 128 valence electrons. The quantitative estimate of drug-likeness (QED) is 0.173. The van der Waals surface area contributed by atoms with Gasteiger partial charge in [-0.2, -0.15) is 0 Å². The van der Waals surface area contributed by atoms with Crippen LogP contribution in [0.3, 0.4) is 0 Å². The van der Waals surface area contributed by atoms with Crippen LogP contribution in [0, 0.1) is 0 Å². The molecule has 0 aromatic heterocycles. The second-order valence-corrected chi connectivity index (χ2v) is 0. The Morgan fingerprint density at radius 1 is 0.0833 bits per heavy atom. The van der Waals surface area contributed by atoms with Crippen LogP contribution in [0.1, 0.15) is 0 Å². The Hall–Kier alpha value is 33.4. The first-order chi connectivity index (χ1) is 0. The summed E-state index contributed by atoms with van der Waals surface area (Å²) in [5.74, 6) is 0. The average molecular weight is 2090 g/mol. The van der Waals surface area contributed by atoms with E-state index in [0.717, 1.165) is 0 Å². The average Bonchev–Trinajstić information content (AvgIpc) is 0. The van der Waals surface area contributed by atoms with Crippen LogP contribution in [-0.2, 0) is 86.9 Å².